The summed E-state index contributed by atoms with van der Waals surface area (Å²) < 4.78 is 13.1. The van der Waals surface area contributed by atoms with E-state index < -0.39 is 0 Å². The van der Waals surface area contributed by atoms with E-state index in [1.807, 2.05) is 36.4 Å². The average Bonchev–Trinajstić information content (AvgIpc) is 3.02. The molecule has 3 aromatic carbocycles. The molecule has 0 radical (unpaired) electrons. The molecule has 0 atom stereocenters. The molecule has 2 heterocycles. The number of benzene rings is 3. The zero-order valence-corrected chi connectivity index (χ0v) is 27.9. The molecule has 43 heavy (non-hydrogen) atoms. The van der Waals surface area contributed by atoms with E-state index in [0.29, 0.717) is 29.5 Å². The first-order valence-electron chi connectivity index (χ1n) is 13.8. The van der Waals surface area contributed by atoms with Gasteiger partial charge in [0.25, 0.3) is 0 Å². The number of hydrogen-bond acceptors (Lipinski definition) is 9. The second-order valence-electron chi connectivity index (χ2n) is 9.93. The summed E-state index contributed by atoms with van der Waals surface area (Å²) in [7, 11) is 1.64. The first kappa shape index (κ1) is 30.8. The minimum atomic E-state index is 0.171. The van der Waals surface area contributed by atoms with Crippen LogP contribution in [0.25, 0.3) is 0 Å². The van der Waals surface area contributed by atoms with Gasteiger partial charge in [0.1, 0.15) is 18.1 Å². The SMILES string of the molecule is C#CCOc1c(I)cc(I)cc1/C=N\Nc1nc(Nc2ccc(OC)cc2)nc(N2CCC(Cc3ccccc3)CC2)n1. The van der Waals surface area contributed by atoms with Gasteiger partial charge in [0.05, 0.1) is 16.9 Å². The molecule has 220 valence electrons. The van der Waals surface area contributed by atoms with E-state index in [0.717, 1.165) is 56.5 Å². The number of nitrogens with one attached hydrogen (secondary N) is 2. The third kappa shape index (κ3) is 8.70. The van der Waals surface area contributed by atoms with Crippen molar-refractivity contribution in [2.75, 3.05) is 42.4 Å². The number of piperidine rings is 1. The molecular weight excluding hydrogens is 768 g/mol. The third-order valence-electron chi connectivity index (χ3n) is 6.94. The predicted octanol–water partition coefficient (Wildman–Crippen LogP) is 6.75. The Bertz CT molecular complexity index is 1590. The van der Waals surface area contributed by atoms with Gasteiger partial charge in [-0.05, 0) is 112 Å². The molecule has 0 amide bonds. The Morgan fingerprint density at radius 3 is 2.49 bits per heavy atom. The quantitative estimate of drug-likeness (QED) is 0.0746. The highest BCUT2D eigenvalue weighted by molar-refractivity contribution is 14.1. The molecule has 1 aliphatic heterocycles. The Hall–Kier alpha value is -3.64. The molecule has 4 aromatic rings. The van der Waals surface area contributed by atoms with Gasteiger partial charge >= 0.3 is 0 Å². The molecular formula is C32H31I2N7O2. The fourth-order valence-corrected chi connectivity index (χ4v) is 6.85. The average molecular weight is 799 g/mol. The van der Waals surface area contributed by atoms with E-state index in [4.69, 9.17) is 25.9 Å². The summed E-state index contributed by atoms with van der Waals surface area (Å²) in [6.45, 7) is 1.90. The lowest BCUT2D eigenvalue weighted by Gasteiger charge is -2.32. The van der Waals surface area contributed by atoms with E-state index >= 15 is 0 Å². The van der Waals surface area contributed by atoms with Gasteiger partial charge in [-0.2, -0.15) is 20.1 Å². The molecule has 11 heteroatoms. The highest BCUT2D eigenvalue weighted by atomic mass is 127. The molecule has 2 N–H and O–H groups in total. The van der Waals surface area contributed by atoms with Crippen LogP contribution in [0.3, 0.4) is 0 Å². The van der Waals surface area contributed by atoms with Gasteiger partial charge in [0, 0.05) is 27.9 Å². The van der Waals surface area contributed by atoms with Gasteiger partial charge < -0.3 is 19.7 Å². The Morgan fingerprint density at radius 2 is 1.77 bits per heavy atom. The van der Waals surface area contributed by atoms with Gasteiger partial charge in [-0.25, -0.2) is 5.43 Å². The molecule has 0 bridgehead atoms. The van der Waals surface area contributed by atoms with Crippen LogP contribution in [0, 0.1) is 25.4 Å². The second-order valence-corrected chi connectivity index (χ2v) is 12.3. The summed E-state index contributed by atoms with van der Waals surface area (Å²) in [6, 6.07) is 22.3. The summed E-state index contributed by atoms with van der Waals surface area (Å²) in [4.78, 5) is 16.3. The summed E-state index contributed by atoms with van der Waals surface area (Å²) in [5.74, 6) is 5.95. The van der Waals surface area contributed by atoms with E-state index in [9.17, 15) is 0 Å². The third-order valence-corrected chi connectivity index (χ3v) is 8.36. The largest absolute Gasteiger partial charge is 0.497 e. The van der Waals surface area contributed by atoms with Crippen molar-refractivity contribution >= 4 is 74.9 Å². The van der Waals surface area contributed by atoms with Gasteiger partial charge in [-0.3, -0.25) is 0 Å². The number of hydrazone groups is 1. The fraction of sp³-hybridized carbons (Fsp3) is 0.250. The normalized spacial score (nSPS) is 13.5. The molecule has 0 spiro atoms. The number of anilines is 4. The van der Waals surface area contributed by atoms with Gasteiger partial charge in [0.2, 0.25) is 17.8 Å². The highest BCUT2D eigenvalue weighted by Crippen LogP contribution is 2.28. The van der Waals surface area contributed by atoms with Crippen LogP contribution in [0.15, 0.2) is 71.8 Å². The molecule has 1 saturated heterocycles. The van der Waals surface area contributed by atoms with E-state index in [-0.39, 0.29) is 6.61 Å². The molecule has 0 saturated carbocycles. The first-order chi connectivity index (χ1) is 21.0. The van der Waals surface area contributed by atoms with Crippen molar-refractivity contribution < 1.29 is 9.47 Å². The smallest absolute Gasteiger partial charge is 0.250 e. The van der Waals surface area contributed by atoms with Crippen molar-refractivity contribution in [2.24, 2.45) is 11.0 Å². The van der Waals surface area contributed by atoms with Crippen LogP contribution in [0.5, 0.6) is 11.5 Å². The summed E-state index contributed by atoms with van der Waals surface area (Å²) in [5, 5.41) is 7.74. The van der Waals surface area contributed by atoms with Gasteiger partial charge in [-0.1, -0.05) is 36.3 Å². The maximum Gasteiger partial charge on any atom is 0.250 e. The van der Waals surface area contributed by atoms with Crippen LogP contribution in [-0.2, 0) is 6.42 Å². The van der Waals surface area contributed by atoms with E-state index in [1.54, 1.807) is 13.3 Å². The van der Waals surface area contributed by atoms with Gasteiger partial charge in [0.15, 0.2) is 0 Å². The maximum atomic E-state index is 5.79. The topological polar surface area (TPSA) is 96.8 Å². The number of rotatable bonds is 11. The van der Waals surface area contributed by atoms with Crippen molar-refractivity contribution in [3.63, 3.8) is 0 Å². The molecule has 1 aliphatic rings. The Kier molecular flexibility index (Phi) is 10.9. The van der Waals surface area contributed by atoms with Crippen LogP contribution in [0.2, 0.25) is 0 Å². The molecule has 1 fully saturated rings. The zero-order valence-electron chi connectivity index (χ0n) is 23.6. The first-order valence-corrected chi connectivity index (χ1v) is 16.0. The lowest BCUT2D eigenvalue weighted by atomic mass is 9.90. The monoisotopic (exact) mass is 799 g/mol. The van der Waals surface area contributed by atoms with Crippen LogP contribution in [0.4, 0.5) is 23.5 Å². The van der Waals surface area contributed by atoms with Crippen molar-refractivity contribution in [1.29, 1.82) is 0 Å². The molecule has 5 rings (SSSR count). The summed E-state index contributed by atoms with van der Waals surface area (Å²) in [6.07, 6.45) is 10.3. The standard InChI is InChI=1S/C32H31I2N7O2/c1-3-17-43-29-24(19-25(33)20-28(29)34)21-35-40-31-37-30(36-26-9-11-27(42-2)12-10-26)38-32(39-31)41-15-13-23(14-16-41)18-22-7-5-4-6-8-22/h1,4-12,19-21,23H,13-18H2,2H3,(H2,36,37,38,39,40)/b35-21-. The summed E-state index contributed by atoms with van der Waals surface area (Å²) >= 11 is 4.50. The van der Waals surface area contributed by atoms with E-state index in [2.05, 4.69) is 107 Å². The van der Waals surface area contributed by atoms with Crippen LogP contribution in [0.1, 0.15) is 24.0 Å². The number of nitrogens with zero attached hydrogens (tertiary/aromatic N) is 5. The fourth-order valence-electron chi connectivity index (χ4n) is 4.80. The Morgan fingerprint density at radius 1 is 1.02 bits per heavy atom. The lowest BCUT2D eigenvalue weighted by Crippen LogP contribution is -2.35. The molecule has 0 unspecified atom stereocenters. The van der Waals surface area contributed by atoms with Gasteiger partial charge in [-0.15, -0.1) is 6.42 Å². The minimum Gasteiger partial charge on any atom is -0.497 e. The molecule has 0 aliphatic carbocycles. The lowest BCUT2D eigenvalue weighted by molar-refractivity contribution is 0.367. The second kappa shape index (κ2) is 15.2. The summed E-state index contributed by atoms with van der Waals surface area (Å²) in [5.41, 5.74) is 6.01. The number of aromatic nitrogens is 3. The van der Waals surface area contributed by atoms with E-state index in [1.165, 1.54) is 5.56 Å². The predicted molar refractivity (Wildman–Crippen MR) is 189 cm³/mol. The maximum absolute atomic E-state index is 5.79. The van der Waals surface area contributed by atoms with Crippen LogP contribution >= 0.6 is 45.2 Å². The Balaban J connectivity index is 1.35. The van der Waals surface area contributed by atoms with Crippen molar-refractivity contribution in [3.8, 4) is 23.8 Å². The molecule has 1 aromatic heterocycles. The van der Waals surface area contributed by atoms with Crippen LogP contribution in [-0.4, -0.2) is 48.0 Å². The Labute approximate surface area is 279 Å². The number of terminal acetylenes is 1. The number of ether oxygens (including phenoxy) is 2. The minimum absolute atomic E-state index is 0.171. The number of methoxy groups -OCH3 is 1. The van der Waals surface area contributed by atoms with Crippen molar-refractivity contribution in [3.05, 3.63) is 85.0 Å². The van der Waals surface area contributed by atoms with Crippen LogP contribution < -0.4 is 25.1 Å². The highest BCUT2D eigenvalue weighted by Gasteiger charge is 2.22. The molecule has 9 nitrogen and oxygen atoms in total. The van der Waals surface area contributed by atoms with Crippen molar-refractivity contribution in [1.82, 2.24) is 15.0 Å². The van der Waals surface area contributed by atoms with Crippen molar-refractivity contribution in [2.45, 2.75) is 19.3 Å². The number of hydrogen-bond donors (Lipinski definition) is 2. The zero-order chi connectivity index (χ0) is 30.0. The number of halogens is 2.